The number of allylic oxidation sites excluding steroid dienone is 1. The van der Waals surface area contributed by atoms with Gasteiger partial charge in [-0.3, -0.25) is 4.98 Å². The second kappa shape index (κ2) is 6.61. The molecule has 0 bridgehead atoms. The molecule has 0 unspecified atom stereocenters. The van der Waals surface area contributed by atoms with Crippen molar-refractivity contribution in [2.75, 3.05) is 0 Å². The molecule has 0 spiro atoms. The Hall–Kier alpha value is -2.49. The molecule has 2 aromatic heterocycles. The van der Waals surface area contributed by atoms with Crippen LogP contribution in [0.5, 0.6) is 0 Å². The maximum Gasteiger partial charge on any atom is 0.156 e. The maximum atomic E-state index is 4.51. The molecule has 0 aromatic carbocycles. The van der Waals surface area contributed by atoms with Gasteiger partial charge in [0.1, 0.15) is 5.84 Å². The number of aryl methyl sites for hydroxylation is 1. The molecular weight excluding hydrogens is 248 g/mol. The predicted molar refractivity (Wildman–Crippen MR) is 82.8 cm³/mol. The highest BCUT2D eigenvalue weighted by Gasteiger charge is 2.02. The summed E-state index contributed by atoms with van der Waals surface area (Å²) in [7, 11) is 0. The number of aromatic nitrogens is 2. The van der Waals surface area contributed by atoms with E-state index in [0.29, 0.717) is 0 Å². The lowest BCUT2D eigenvalue weighted by Gasteiger charge is -2.10. The highest BCUT2D eigenvalue weighted by atomic mass is 15.0. The van der Waals surface area contributed by atoms with Gasteiger partial charge in [0.2, 0.25) is 0 Å². The van der Waals surface area contributed by atoms with E-state index >= 15 is 0 Å². The SMILES string of the molecule is C/C=C(\N/C(C)=N\c1ncccc1C)c1cccnc1. The van der Waals surface area contributed by atoms with E-state index in [0.717, 1.165) is 28.5 Å². The van der Waals surface area contributed by atoms with Crippen molar-refractivity contribution in [3.8, 4) is 0 Å². The second-order valence-corrected chi connectivity index (χ2v) is 4.41. The lowest BCUT2D eigenvalue weighted by Crippen LogP contribution is -2.18. The molecule has 0 fully saturated rings. The Morgan fingerprint density at radius 3 is 2.70 bits per heavy atom. The maximum absolute atomic E-state index is 4.51. The van der Waals surface area contributed by atoms with Gasteiger partial charge in [-0.05, 0) is 44.5 Å². The molecule has 4 nitrogen and oxygen atoms in total. The zero-order valence-electron chi connectivity index (χ0n) is 12.0. The van der Waals surface area contributed by atoms with E-state index in [1.165, 1.54) is 0 Å². The summed E-state index contributed by atoms with van der Waals surface area (Å²) < 4.78 is 0. The molecule has 2 rings (SSSR count). The Morgan fingerprint density at radius 1 is 1.25 bits per heavy atom. The number of pyridine rings is 2. The van der Waals surface area contributed by atoms with Gasteiger partial charge >= 0.3 is 0 Å². The third-order valence-electron chi connectivity index (χ3n) is 2.83. The summed E-state index contributed by atoms with van der Waals surface area (Å²) in [4.78, 5) is 12.9. The summed E-state index contributed by atoms with van der Waals surface area (Å²) in [5.41, 5.74) is 3.06. The Balaban J connectivity index is 2.19. The molecule has 0 atom stereocenters. The number of nitrogens with one attached hydrogen (secondary N) is 1. The first-order valence-corrected chi connectivity index (χ1v) is 6.51. The molecule has 4 heteroatoms. The molecule has 0 aliphatic heterocycles. The van der Waals surface area contributed by atoms with Crippen molar-refractivity contribution in [2.45, 2.75) is 20.8 Å². The van der Waals surface area contributed by atoms with Crippen LogP contribution in [0.3, 0.4) is 0 Å². The first-order chi connectivity index (χ1) is 9.70. The van der Waals surface area contributed by atoms with E-state index in [2.05, 4.69) is 20.3 Å². The van der Waals surface area contributed by atoms with E-state index in [-0.39, 0.29) is 0 Å². The van der Waals surface area contributed by atoms with E-state index < -0.39 is 0 Å². The van der Waals surface area contributed by atoms with E-state index in [9.17, 15) is 0 Å². The standard InChI is InChI=1S/C16H18N4/c1-4-15(14-8-6-9-17-11-14)19-13(3)20-16-12(2)7-5-10-18-16/h4-11H,1-3H3,(H,18,19,20)/b15-4-. The number of nitrogens with zero attached hydrogens (tertiary/aromatic N) is 3. The molecule has 0 aliphatic rings. The summed E-state index contributed by atoms with van der Waals surface area (Å²) in [6.45, 7) is 5.90. The molecule has 102 valence electrons. The van der Waals surface area contributed by atoms with Gasteiger partial charge in [-0.25, -0.2) is 9.98 Å². The Kier molecular flexibility index (Phi) is 4.60. The molecule has 2 aromatic rings. The summed E-state index contributed by atoms with van der Waals surface area (Å²) in [6.07, 6.45) is 7.33. The number of rotatable bonds is 3. The topological polar surface area (TPSA) is 50.2 Å². The quantitative estimate of drug-likeness (QED) is 0.683. The van der Waals surface area contributed by atoms with E-state index in [1.807, 2.05) is 57.3 Å². The van der Waals surface area contributed by atoms with E-state index in [4.69, 9.17) is 0 Å². The third-order valence-corrected chi connectivity index (χ3v) is 2.83. The van der Waals surface area contributed by atoms with Crippen LogP contribution in [-0.4, -0.2) is 15.8 Å². The normalized spacial score (nSPS) is 12.3. The lowest BCUT2D eigenvalue weighted by molar-refractivity contribution is 1.17. The van der Waals surface area contributed by atoms with E-state index in [1.54, 1.807) is 12.4 Å². The molecule has 0 amide bonds. The minimum atomic E-state index is 0.735. The van der Waals surface area contributed by atoms with Gasteiger partial charge in [0.25, 0.3) is 0 Å². The van der Waals surface area contributed by atoms with Crippen LogP contribution in [0.1, 0.15) is 25.0 Å². The minimum absolute atomic E-state index is 0.735. The molecule has 20 heavy (non-hydrogen) atoms. The van der Waals surface area contributed by atoms with Crippen molar-refractivity contribution in [3.63, 3.8) is 0 Å². The average molecular weight is 266 g/mol. The van der Waals surface area contributed by atoms with Crippen LogP contribution < -0.4 is 5.32 Å². The van der Waals surface area contributed by atoms with Crippen molar-refractivity contribution < 1.29 is 0 Å². The Labute approximate surface area is 119 Å². The van der Waals surface area contributed by atoms with Gasteiger partial charge in [-0.15, -0.1) is 0 Å². The number of hydrogen-bond acceptors (Lipinski definition) is 3. The smallest absolute Gasteiger partial charge is 0.156 e. The number of aliphatic imine (C=N–C) groups is 1. The van der Waals surface area contributed by atoms with Crippen molar-refractivity contribution in [1.82, 2.24) is 15.3 Å². The summed E-state index contributed by atoms with van der Waals surface area (Å²) in [6, 6.07) is 7.82. The summed E-state index contributed by atoms with van der Waals surface area (Å²) in [5.74, 6) is 1.53. The molecule has 2 heterocycles. The molecule has 0 radical (unpaired) electrons. The molecule has 0 aliphatic carbocycles. The van der Waals surface area contributed by atoms with Gasteiger partial charge in [-0.2, -0.15) is 0 Å². The third kappa shape index (κ3) is 3.51. The van der Waals surface area contributed by atoms with Gasteiger partial charge in [-0.1, -0.05) is 12.1 Å². The highest BCUT2D eigenvalue weighted by molar-refractivity contribution is 5.90. The Morgan fingerprint density at radius 2 is 2.05 bits per heavy atom. The first kappa shape index (κ1) is 13.9. The largest absolute Gasteiger partial charge is 0.344 e. The molecule has 1 N–H and O–H groups in total. The minimum Gasteiger partial charge on any atom is -0.344 e. The highest BCUT2D eigenvalue weighted by Crippen LogP contribution is 2.14. The van der Waals surface area contributed by atoms with Crippen LogP contribution >= 0.6 is 0 Å². The summed E-state index contributed by atoms with van der Waals surface area (Å²) >= 11 is 0. The second-order valence-electron chi connectivity index (χ2n) is 4.41. The van der Waals surface area contributed by atoms with Crippen LogP contribution in [0.4, 0.5) is 5.82 Å². The van der Waals surface area contributed by atoms with Gasteiger partial charge < -0.3 is 5.32 Å². The zero-order valence-corrected chi connectivity index (χ0v) is 12.0. The van der Waals surface area contributed by atoms with Crippen molar-refractivity contribution in [3.05, 3.63) is 60.1 Å². The average Bonchev–Trinajstić information content (AvgIpc) is 2.48. The van der Waals surface area contributed by atoms with Crippen LogP contribution in [0.25, 0.3) is 5.70 Å². The van der Waals surface area contributed by atoms with Crippen LogP contribution in [0.15, 0.2) is 53.9 Å². The van der Waals surface area contributed by atoms with Crippen LogP contribution in [-0.2, 0) is 0 Å². The van der Waals surface area contributed by atoms with Crippen LogP contribution in [0.2, 0.25) is 0 Å². The van der Waals surface area contributed by atoms with Crippen LogP contribution in [0, 0.1) is 6.92 Å². The fourth-order valence-corrected chi connectivity index (χ4v) is 1.81. The van der Waals surface area contributed by atoms with Crippen molar-refractivity contribution >= 4 is 17.4 Å². The van der Waals surface area contributed by atoms with Gasteiger partial charge in [0.15, 0.2) is 5.82 Å². The van der Waals surface area contributed by atoms with Crippen molar-refractivity contribution in [1.29, 1.82) is 0 Å². The lowest BCUT2D eigenvalue weighted by atomic mass is 10.2. The number of hydrogen-bond donors (Lipinski definition) is 1. The molecular formula is C16H18N4. The van der Waals surface area contributed by atoms with Crippen molar-refractivity contribution in [2.24, 2.45) is 4.99 Å². The van der Waals surface area contributed by atoms with Gasteiger partial charge in [0.05, 0.1) is 0 Å². The fraction of sp³-hybridized carbons (Fsp3) is 0.188. The predicted octanol–water partition coefficient (Wildman–Crippen LogP) is 3.49. The zero-order chi connectivity index (χ0) is 14.4. The monoisotopic (exact) mass is 266 g/mol. The Bertz CT molecular complexity index is 630. The fourth-order valence-electron chi connectivity index (χ4n) is 1.81. The first-order valence-electron chi connectivity index (χ1n) is 6.51. The summed E-state index contributed by atoms with van der Waals surface area (Å²) in [5, 5.41) is 3.29. The molecule has 0 saturated carbocycles. The van der Waals surface area contributed by atoms with Gasteiger partial charge in [0, 0.05) is 29.9 Å². The number of amidine groups is 1. The molecule has 0 saturated heterocycles.